The molecule has 2 aromatic heterocycles. The van der Waals surface area contributed by atoms with Crippen molar-refractivity contribution in [2.45, 2.75) is 29.6 Å². The summed E-state index contributed by atoms with van der Waals surface area (Å²) in [6, 6.07) is 6.69. The van der Waals surface area contributed by atoms with E-state index in [4.69, 9.17) is 0 Å². The number of pyridine rings is 1. The van der Waals surface area contributed by atoms with Gasteiger partial charge in [0, 0.05) is 18.8 Å². The van der Waals surface area contributed by atoms with E-state index in [1.165, 1.54) is 6.07 Å². The van der Waals surface area contributed by atoms with Gasteiger partial charge in [-0.1, -0.05) is 13.0 Å². The van der Waals surface area contributed by atoms with Gasteiger partial charge in [0.2, 0.25) is 5.82 Å². The van der Waals surface area contributed by atoms with E-state index in [-0.39, 0.29) is 10.8 Å². The maximum Gasteiger partial charge on any atom is 0.451 e. The van der Waals surface area contributed by atoms with Gasteiger partial charge in [-0.2, -0.15) is 13.2 Å². The fourth-order valence-electron chi connectivity index (χ4n) is 1.46. The van der Waals surface area contributed by atoms with Crippen LogP contribution in [0.15, 0.2) is 40.5 Å². The molecule has 1 N–H and O–H groups in total. The van der Waals surface area contributed by atoms with Crippen molar-refractivity contribution in [2.75, 3.05) is 11.9 Å². The molecular weight excluding hydrogens is 301 g/mol. The molecule has 0 atom stereocenters. The van der Waals surface area contributed by atoms with Crippen molar-refractivity contribution in [3.8, 4) is 0 Å². The van der Waals surface area contributed by atoms with Crippen LogP contribution in [0.5, 0.6) is 0 Å². The maximum atomic E-state index is 12.8. The lowest BCUT2D eigenvalue weighted by Crippen LogP contribution is -2.14. The molecule has 0 unspecified atom stereocenters. The monoisotopic (exact) mass is 314 g/mol. The number of hydrogen-bond acceptors (Lipinski definition) is 5. The van der Waals surface area contributed by atoms with Gasteiger partial charge in [-0.25, -0.2) is 15.0 Å². The molecule has 0 aliphatic carbocycles. The summed E-state index contributed by atoms with van der Waals surface area (Å²) in [5.41, 5.74) is 0. The average molecular weight is 314 g/mol. The number of nitrogens with one attached hydrogen (secondary N) is 1. The number of halogens is 3. The predicted molar refractivity (Wildman–Crippen MR) is 74.2 cm³/mol. The Morgan fingerprint density at radius 1 is 1.19 bits per heavy atom. The summed E-state index contributed by atoms with van der Waals surface area (Å²) in [5, 5.41) is 3.63. The van der Waals surface area contributed by atoms with Gasteiger partial charge in [0.15, 0.2) is 0 Å². The van der Waals surface area contributed by atoms with Crippen molar-refractivity contribution in [3.05, 3.63) is 36.3 Å². The lowest BCUT2D eigenvalue weighted by Gasteiger charge is -2.10. The zero-order chi connectivity index (χ0) is 15.3. The fourth-order valence-corrected chi connectivity index (χ4v) is 2.24. The highest BCUT2D eigenvalue weighted by molar-refractivity contribution is 7.99. The summed E-state index contributed by atoms with van der Waals surface area (Å²) >= 11 is 1.06. The van der Waals surface area contributed by atoms with E-state index in [9.17, 15) is 13.2 Å². The Morgan fingerprint density at radius 3 is 2.62 bits per heavy atom. The van der Waals surface area contributed by atoms with Gasteiger partial charge in [-0.05, 0) is 30.3 Å². The molecule has 0 aromatic carbocycles. The fraction of sp³-hybridized carbons (Fsp3) is 0.308. The Hall–Kier alpha value is -1.83. The van der Waals surface area contributed by atoms with Gasteiger partial charge in [0.05, 0.1) is 0 Å². The lowest BCUT2D eigenvalue weighted by atomic mass is 10.4. The number of aromatic nitrogens is 3. The van der Waals surface area contributed by atoms with Crippen LogP contribution in [0.25, 0.3) is 0 Å². The minimum absolute atomic E-state index is 0.164. The van der Waals surface area contributed by atoms with Crippen LogP contribution in [0.1, 0.15) is 19.2 Å². The zero-order valence-corrected chi connectivity index (χ0v) is 12.0. The minimum Gasteiger partial charge on any atom is -0.370 e. The quantitative estimate of drug-likeness (QED) is 0.849. The molecule has 4 nitrogen and oxygen atoms in total. The molecule has 112 valence electrons. The minimum atomic E-state index is -4.58. The van der Waals surface area contributed by atoms with Crippen LogP contribution in [-0.4, -0.2) is 21.5 Å². The molecule has 0 spiro atoms. The Kier molecular flexibility index (Phi) is 5.00. The van der Waals surface area contributed by atoms with Gasteiger partial charge in [0.25, 0.3) is 0 Å². The molecule has 0 aliphatic heterocycles. The SMILES string of the molecule is CCCNc1cc(Sc2ccccn2)nc(C(F)(F)F)n1. The van der Waals surface area contributed by atoms with Gasteiger partial charge in [0.1, 0.15) is 15.9 Å². The molecule has 8 heteroatoms. The second-order valence-electron chi connectivity index (χ2n) is 4.11. The van der Waals surface area contributed by atoms with Gasteiger partial charge >= 0.3 is 6.18 Å². The molecular formula is C13H13F3N4S. The van der Waals surface area contributed by atoms with Crippen LogP contribution < -0.4 is 5.32 Å². The first-order valence-corrected chi connectivity index (χ1v) is 7.09. The van der Waals surface area contributed by atoms with Crippen LogP contribution in [0, 0.1) is 0 Å². The van der Waals surface area contributed by atoms with Crippen LogP contribution in [0.3, 0.4) is 0 Å². The molecule has 21 heavy (non-hydrogen) atoms. The van der Waals surface area contributed by atoms with Crippen LogP contribution in [0.2, 0.25) is 0 Å². The van der Waals surface area contributed by atoms with Crippen molar-refractivity contribution in [1.82, 2.24) is 15.0 Å². The molecule has 0 saturated carbocycles. The third kappa shape index (κ3) is 4.59. The molecule has 0 saturated heterocycles. The van der Waals surface area contributed by atoms with E-state index in [1.54, 1.807) is 24.4 Å². The number of anilines is 1. The molecule has 0 bridgehead atoms. The van der Waals surface area contributed by atoms with Gasteiger partial charge < -0.3 is 5.32 Å². The molecule has 2 aromatic rings. The summed E-state index contributed by atoms with van der Waals surface area (Å²) < 4.78 is 38.5. The summed E-state index contributed by atoms with van der Waals surface area (Å²) in [6.07, 6.45) is -2.22. The smallest absolute Gasteiger partial charge is 0.370 e. The van der Waals surface area contributed by atoms with Crippen LogP contribution >= 0.6 is 11.8 Å². The normalized spacial score (nSPS) is 11.4. The van der Waals surface area contributed by atoms with E-state index in [0.29, 0.717) is 11.6 Å². The summed E-state index contributed by atoms with van der Waals surface area (Å²) in [5.74, 6) is -0.986. The van der Waals surface area contributed by atoms with Gasteiger partial charge in [-0.15, -0.1) is 0 Å². The zero-order valence-electron chi connectivity index (χ0n) is 11.2. The highest BCUT2D eigenvalue weighted by Crippen LogP contribution is 2.31. The molecule has 2 rings (SSSR count). The Labute approximate surface area is 124 Å². The average Bonchev–Trinajstić information content (AvgIpc) is 2.45. The molecule has 0 fully saturated rings. The molecule has 0 amide bonds. The first-order valence-electron chi connectivity index (χ1n) is 6.28. The standard InChI is InChI=1S/C13H13F3N4S/c1-2-6-17-9-8-11(20-12(19-9)13(14,15)16)21-10-5-3-4-7-18-10/h3-5,7-8H,2,6H2,1H3,(H,17,19,20). The highest BCUT2D eigenvalue weighted by atomic mass is 32.2. The highest BCUT2D eigenvalue weighted by Gasteiger charge is 2.35. The van der Waals surface area contributed by atoms with Crippen molar-refractivity contribution in [1.29, 1.82) is 0 Å². The van der Waals surface area contributed by atoms with E-state index >= 15 is 0 Å². The third-order valence-electron chi connectivity index (χ3n) is 2.36. The Balaban J connectivity index is 2.30. The number of rotatable bonds is 5. The third-order valence-corrected chi connectivity index (χ3v) is 3.23. The topological polar surface area (TPSA) is 50.7 Å². The first kappa shape index (κ1) is 15.6. The van der Waals surface area contributed by atoms with Crippen LogP contribution in [0.4, 0.5) is 19.0 Å². The van der Waals surface area contributed by atoms with Crippen molar-refractivity contribution in [3.63, 3.8) is 0 Å². The largest absolute Gasteiger partial charge is 0.451 e. The predicted octanol–water partition coefficient (Wildman–Crippen LogP) is 3.86. The number of nitrogens with zero attached hydrogens (tertiary/aromatic N) is 3. The van der Waals surface area contributed by atoms with Gasteiger partial charge in [-0.3, -0.25) is 0 Å². The second-order valence-corrected chi connectivity index (χ2v) is 5.15. The molecule has 0 aliphatic rings. The first-order chi connectivity index (χ1) is 9.99. The summed E-state index contributed by atoms with van der Waals surface area (Å²) in [6.45, 7) is 2.46. The van der Waals surface area contributed by atoms with E-state index in [0.717, 1.165) is 18.2 Å². The lowest BCUT2D eigenvalue weighted by molar-refractivity contribution is -0.145. The van der Waals surface area contributed by atoms with Crippen molar-refractivity contribution >= 4 is 17.6 Å². The van der Waals surface area contributed by atoms with E-state index in [1.807, 2.05) is 6.92 Å². The summed E-state index contributed by atoms with van der Waals surface area (Å²) in [7, 11) is 0. The Bertz CT molecular complexity index is 590. The maximum absolute atomic E-state index is 12.8. The number of alkyl halides is 3. The Morgan fingerprint density at radius 2 is 2.00 bits per heavy atom. The number of hydrogen-bond donors (Lipinski definition) is 1. The van der Waals surface area contributed by atoms with Crippen LogP contribution in [-0.2, 0) is 6.18 Å². The van der Waals surface area contributed by atoms with Crippen molar-refractivity contribution in [2.24, 2.45) is 0 Å². The molecule has 2 heterocycles. The van der Waals surface area contributed by atoms with E-state index < -0.39 is 12.0 Å². The second kappa shape index (κ2) is 6.75. The summed E-state index contributed by atoms with van der Waals surface area (Å²) in [4.78, 5) is 11.1. The van der Waals surface area contributed by atoms with Crippen molar-refractivity contribution < 1.29 is 13.2 Å². The van der Waals surface area contributed by atoms with E-state index in [2.05, 4.69) is 20.3 Å². The molecule has 0 radical (unpaired) electrons.